The lowest BCUT2D eigenvalue weighted by atomic mass is 9.98. The number of halogens is 3. The summed E-state index contributed by atoms with van der Waals surface area (Å²) in [6, 6.07) is 11.6. The van der Waals surface area contributed by atoms with Gasteiger partial charge in [0.15, 0.2) is 5.69 Å². The van der Waals surface area contributed by atoms with Crippen LogP contribution in [0.4, 0.5) is 13.2 Å². The van der Waals surface area contributed by atoms with E-state index in [9.17, 15) is 21.6 Å². The zero-order valence-corrected chi connectivity index (χ0v) is 18.5. The number of sulfonamides is 1. The molecule has 0 bridgehead atoms. The molecule has 32 heavy (non-hydrogen) atoms. The van der Waals surface area contributed by atoms with Crippen molar-refractivity contribution in [1.82, 2.24) is 14.7 Å². The van der Waals surface area contributed by atoms with E-state index in [1.807, 2.05) is 0 Å². The van der Waals surface area contributed by atoms with Gasteiger partial charge in [0.2, 0.25) is 10.0 Å². The predicted molar refractivity (Wildman–Crippen MR) is 115 cm³/mol. The molecule has 0 fully saturated rings. The van der Waals surface area contributed by atoms with Gasteiger partial charge in [0.05, 0.1) is 18.6 Å². The van der Waals surface area contributed by atoms with E-state index in [0.717, 1.165) is 4.68 Å². The number of ether oxygens (including phenoxy) is 1. The molecule has 0 spiro atoms. The lowest BCUT2D eigenvalue weighted by Gasteiger charge is -2.15. The number of primary sulfonamides is 1. The summed E-state index contributed by atoms with van der Waals surface area (Å²) in [5.74, 6) is 0.466. The number of benzene rings is 2. The van der Waals surface area contributed by atoms with Crippen molar-refractivity contribution in [2.45, 2.75) is 17.6 Å². The van der Waals surface area contributed by atoms with Crippen LogP contribution < -0.4 is 9.88 Å². The molecule has 0 unspecified atom stereocenters. The van der Waals surface area contributed by atoms with E-state index in [0.29, 0.717) is 12.3 Å². The second-order valence-electron chi connectivity index (χ2n) is 7.37. The number of hydrogen-bond acceptors (Lipinski definition) is 5. The Bertz CT molecular complexity index is 1200. The quantitative estimate of drug-likeness (QED) is 0.574. The highest BCUT2D eigenvalue weighted by atomic mass is 32.2. The maximum atomic E-state index is 14.3. The second-order valence-corrected chi connectivity index (χ2v) is 8.90. The molecule has 0 radical (unpaired) electrons. The van der Waals surface area contributed by atoms with E-state index in [1.165, 1.54) is 55.6 Å². The molecular formula is C21H23F3N4O3S. The summed E-state index contributed by atoms with van der Waals surface area (Å²) >= 11 is 0. The Kier molecular flexibility index (Phi) is 6.63. The number of nitrogens with zero attached hydrogens (tertiary/aromatic N) is 3. The Balaban J connectivity index is 2.38. The Morgan fingerprint density at radius 2 is 1.72 bits per heavy atom. The fraction of sp³-hybridized carbons (Fsp3) is 0.286. The molecule has 1 heterocycles. The molecule has 2 N–H and O–H groups in total. The number of nitrogens with two attached hydrogens (primary N) is 1. The van der Waals surface area contributed by atoms with Crippen LogP contribution in [0.1, 0.15) is 5.69 Å². The Morgan fingerprint density at radius 1 is 1.09 bits per heavy atom. The minimum Gasteiger partial charge on any atom is -0.497 e. The van der Waals surface area contributed by atoms with E-state index >= 15 is 0 Å². The first-order chi connectivity index (χ1) is 14.9. The summed E-state index contributed by atoms with van der Waals surface area (Å²) in [5.41, 5.74) is -1.10. The van der Waals surface area contributed by atoms with Crippen LogP contribution in [-0.4, -0.2) is 50.8 Å². The van der Waals surface area contributed by atoms with E-state index < -0.39 is 21.9 Å². The third-order valence-corrected chi connectivity index (χ3v) is 5.78. The number of hydrogen-bond donors (Lipinski definition) is 1. The average Bonchev–Trinajstić information content (AvgIpc) is 3.11. The number of alkyl halides is 3. The molecule has 2 aromatic carbocycles. The molecule has 11 heteroatoms. The summed E-state index contributed by atoms with van der Waals surface area (Å²) in [5, 5.41) is 9.57. The van der Waals surface area contributed by atoms with Crippen molar-refractivity contribution in [2.24, 2.45) is 5.14 Å². The molecule has 3 aromatic rings. The number of likely N-dealkylation sites (N-methyl/N-ethyl adjacent to an activating group) is 1. The topological polar surface area (TPSA) is 90.5 Å². The second kappa shape index (κ2) is 8.93. The summed E-state index contributed by atoms with van der Waals surface area (Å²) in [4.78, 5) is 1.42. The van der Waals surface area contributed by atoms with Gasteiger partial charge in [0.25, 0.3) is 0 Å². The minimum absolute atomic E-state index is 0.00470. The van der Waals surface area contributed by atoms with Crippen LogP contribution in [0.3, 0.4) is 0 Å². The molecule has 0 amide bonds. The number of aromatic nitrogens is 2. The van der Waals surface area contributed by atoms with Gasteiger partial charge in [0.1, 0.15) is 11.4 Å². The molecule has 0 saturated heterocycles. The monoisotopic (exact) mass is 468 g/mol. The molecule has 1 aromatic heterocycles. The van der Waals surface area contributed by atoms with Crippen molar-refractivity contribution >= 4 is 10.0 Å². The van der Waals surface area contributed by atoms with Crippen LogP contribution in [0.25, 0.3) is 22.4 Å². The first-order valence-corrected chi connectivity index (χ1v) is 11.1. The molecule has 172 valence electrons. The molecule has 7 nitrogen and oxygen atoms in total. The van der Waals surface area contributed by atoms with Crippen molar-refractivity contribution in [3.8, 4) is 28.1 Å². The summed E-state index contributed by atoms with van der Waals surface area (Å²) in [6.07, 6.45) is -4.75. The SMILES string of the molecule is COc1ccc(-c2c(-c3ccccc3S(N)(=O)=O)nn(CCN(C)C)c2C(F)(F)F)cc1. The fourth-order valence-corrected chi connectivity index (χ4v) is 4.08. The first kappa shape index (κ1) is 23.8. The standard InChI is InChI=1S/C21H23F3N4O3S/c1-27(2)12-13-28-20(21(22,23)24)18(14-8-10-15(31-3)11-9-14)19(26-28)16-6-4-5-7-17(16)32(25,29)30/h4-11H,12-13H2,1-3H3,(H2,25,29,30). The van der Waals surface area contributed by atoms with Crippen molar-refractivity contribution in [1.29, 1.82) is 0 Å². The van der Waals surface area contributed by atoms with Crippen LogP contribution in [0.2, 0.25) is 0 Å². The lowest BCUT2D eigenvalue weighted by Crippen LogP contribution is -2.23. The van der Waals surface area contributed by atoms with Gasteiger partial charge in [-0.1, -0.05) is 30.3 Å². The molecule has 0 aliphatic rings. The Labute approximate surface area is 184 Å². The van der Waals surface area contributed by atoms with E-state index in [1.54, 1.807) is 19.0 Å². The van der Waals surface area contributed by atoms with Gasteiger partial charge in [-0.3, -0.25) is 4.68 Å². The molecule has 0 aliphatic carbocycles. The van der Waals surface area contributed by atoms with E-state index in [2.05, 4.69) is 5.10 Å². The summed E-state index contributed by atoms with van der Waals surface area (Å²) in [6.45, 7) is 0.242. The Hall–Kier alpha value is -2.89. The lowest BCUT2D eigenvalue weighted by molar-refractivity contribution is -0.143. The highest BCUT2D eigenvalue weighted by Gasteiger charge is 2.41. The average molecular weight is 469 g/mol. The van der Waals surface area contributed by atoms with Crippen molar-refractivity contribution in [3.63, 3.8) is 0 Å². The van der Waals surface area contributed by atoms with Gasteiger partial charge < -0.3 is 9.64 Å². The molecule has 0 saturated carbocycles. The molecule has 0 aliphatic heterocycles. The molecular weight excluding hydrogens is 445 g/mol. The summed E-state index contributed by atoms with van der Waals surface area (Å²) < 4.78 is 73.2. The van der Waals surface area contributed by atoms with Gasteiger partial charge in [-0.15, -0.1) is 0 Å². The molecule has 3 rings (SSSR count). The van der Waals surface area contributed by atoms with Crippen molar-refractivity contribution in [3.05, 3.63) is 54.2 Å². The van der Waals surface area contributed by atoms with Crippen LogP contribution in [0.15, 0.2) is 53.4 Å². The van der Waals surface area contributed by atoms with Crippen LogP contribution >= 0.6 is 0 Å². The first-order valence-electron chi connectivity index (χ1n) is 9.53. The van der Waals surface area contributed by atoms with Crippen LogP contribution in [0.5, 0.6) is 5.75 Å². The van der Waals surface area contributed by atoms with Crippen LogP contribution in [-0.2, 0) is 22.7 Å². The van der Waals surface area contributed by atoms with Crippen molar-refractivity contribution < 1.29 is 26.3 Å². The zero-order chi connectivity index (χ0) is 23.7. The van der Waals surface area contributed by atoms with Crippen molar-refractivity contribution in [2.75, 3.05) is 27.7 Å². The smallest absolute Gasteiger partial charge is 0.433 e. The van der Waals surface area contributed by atoms with Crippen LogP contribution in [0, 0.1) is 0 Å². The third-order valence-electron chi connectivity index (χ3n) is 4.81. The highest BCUT2D eigenvalue weighted by Crippen LogP contribution is 2.44. The normalized spacial score (nSPS) is 12.4. The maximum absolute atomic E-state index is 14.3. The fourth-order valence-electron chi connectivity index (χ4n) is 3.34. The van der Waals surface area contributed by atoms with Gasteiger partial charge in [-0.25, -0.2) is 13.6 Å². The number of rotatable bonds is 7. The van der Waals surface area contributed by atoms with E-state index in [4.69, 9.17) is 9.88 Å². The van der Waals surface area contributed by atoms with Gasteiger partial charge in [0, 0.05) is 17.7 Å². The predicted octanol–water partition coefficient (Wildman–Crippen LogP) is 3.45. The minimum atomic E-state index is -4.75. The van der Waals surface area contributed by atoms with Gasteiger partial charge >= 0.3 is 6.18 Å². The summed E-state index contributed by atoms with van der Waals surface area (Å²) in [7, 11) is 0.702. The highest BCUT2D eigenvalue weighted by molar-refractivity contribution is 7.89. The van der Waals surface area contributed by atoms with E-state index in [-0.39, 0.29) is 33.8 Å². The third kappa shape index (κ3) is 4.95. The zero-order valence-electron chi connectivity index (χ0n) is 17.7. The maximum Gasteiger partial charge on any atom is 0.433 e. The molecule has 0 atom stereocenters. The van der Waals surface area contributed by atoms with Gasteiger partial charge in [-0.2, -0.15) is 18.3 Å². The largest absolute Gasteiger partial charge is 0.497 e. The number of methoxy groups -OCH3 is 1. The van der Waals surface area contributed by atoms with Gasteiger partial charge in [-0.05, 0) is 37.9 Å². The Morgan fingerprint density at radius 3 is 2.25 bits per heavy atom.